The van der Waals surface area contributed by atoms with E-state index >= 15 is 0 Å². The van der Waals surface area contributed by atoms with E-state index in [2.05, 4.69) is 10.6 Å². The number of rotatable bonds is 6. The van der Waals surface area contributed by atoms with E-state index in [0.717, 1.165) is 10.5 Å². The lowest BCUT2D eigenvalue weighted by Crippen LogP contribution is -2.52. The summed E-state index contributed by atoms with van der Waals surface area (Å²) in [7, 11) is 0. The number of hydrogen-bond donors (Lipinski definition) is 2. The number of halogens is 1. The van der Waals surface area contributed by atoms with Crippen LogP contribution in [0.2, 0.25) is 5.02 Å². The van der Waals surface area contributed by atoms with Crippen LogP contribution in [0.5, 0.6) is 0 Å². The molecule has 2 aromatic carbocycles. The zero-order valence-electron chi connectivity index (χ0n) is 17.8. The van der Waals surface area contributed by atoms with Crippen LogP contribution in [0.4, 0.5) is 9.59 Å². The first-order valence-electron chi connectivity index (χ1n) is 10.1. The Labute approximate surface area is 191 Å². The predicted molar refractivity (Wildman–Crippen MR) is 123 cm³/mol. The second-order valence-corrected chi connectivity index (χ2v) is 7.45. The van der Waals surface area contributed by atoms with Crippen LogP contribution < -0.4 is 10.6 Å². The van der Waals surface area contributed by atoms with Crippen LogP contribution in [0.1, 0.15) is 31.0 Å². The first-order chi connectivity index (χ1) is 15.4. The van der Waals surface area contributed by atoms with Gasteiger partial charge in [0, 0.05) is 17.3 Å². The third-order valence-electron chi connectivity index (χ3n) is 4.81. The summed E-state index contributed by atoms with van der Waals surface area (Å²) in [6.07, 6.45) is 2.86. The highest BCUT2D eigenvalue weighted by atomic mass is 35.5. The number of carbonyl (C=O) groups excluding carboxylic acids is 3. The first-order valence-corrected chi connectivity index (χ1v) is 10.5. The minimum Gasteiger partial charge on any atom is -0.449 e. The minimum absolute atomic E-state index is 0.0827. The van der Waals surface area contributed by atoms with Crippen LogP contribution in [-0.4, -0.2) is 36.1 Å². The number of urea groups is 1. The van der Waals surface area contributed by atoms with E-state index in [0.29, 0.717) is 16.3 Å². The zero-order chi connectivity index (χ0) is 23.1. The molecule has 2 N–H and O–H groups in total. The van der Waals surface area contributed by atoms with Crippen molar-refractivity contribution in [2.24, 2.45) is 0 Å². The molecule has 8 heteroatoms. The van der Waals surface area contributed by atoms with Gasteiger partial charge < -0.3 is 15.4 Å². The van der Waals surface area contributed by atoms with Gasteiger partial charge in [-0.3, -0.25) is 4.79 Å². The number of ether oxygens (including phenoxy) is 1. The summed E-state index contributed by atoms with van der Waals surface area (Å²) in [4.78, 5) is 39.3. The van der Waals surface area contributed by atoms with Crippen molar-refractivity contribution in [3.63, 3.8) is 0 Å². The van der Waals surface area contributed by atoms with Crippen molar-refractivity contribution in [2.75, 3.05) is 13.2 Å². The Morgan fingerprint density at radius 2 is 1.94 bits per heavy atom. The number of allylic oxidation sites excluding steroid dienone is 1. The fourth-order valence-corrected chi connectivity index (χ4v) is 3.61. The van der Waals surface area contributed by atoms with E-state index in [-0.39, 0.29) is 18.7 Å². The maximum Gasteiger partial charge on any atom is 0.418 e. The minimum atomic E-state index is -0.986. The van der Waals surface area contributed by atoms with Gasteiger partial charge in [0.15, 0.2) is 0 Å². The number of amides is 4. The maximum atomic E-state index is 13.2. The average molecular weight is 454 g/mol. The molecule has 0 bridgehead atoms. The van der Waals surface area contributed by atoms with Crippen molar-refractivity contribution in [1.29, 1.82) is 0 Å². The van der Waals surface area contributed by atoms with E-state index in [9.17, 15) is 14.4 Å². The van der Waals surface area contributed by atoms with Gasteiger partial charge in [-0.1, -0.05) is 66.2 Å². The zero-order valence-corrected chi connectivity index (χ0v) is 18.6. The normalized spacial score (nSPS) is 16.2. The SMILES string of the molecule is CCOC(=O)N1C(=O)NC(C)=C(C(=O)NC/C=C/c2ccccc2)C1c1cccc(Cl)c1. The van der Waals surface area contributed by atoms with Crippen molar-refractivity contribution < 1.29 is 19.1 Å². The number of nitrogens with zero attached hydrogens (tertiary/aromatic N) is 1. The molecule has 7 nitrogen and oxygen atoms in total. The monoisotopic (exact) mass is 453 g/mol. The summed E-state index contributed by atoms with van der Waals surface area (Å²) >= 11 is 6.15. The Morgan fingerprint density at radius 3 is 2.62 bits per heavy atom. The highest BCUT2D eigenvalue weighted by Crippen LogP contribution is 2.35. The number of benzene rings is 2. The van der Waals surface area contributed by atoms with Crippen LogP contribution in [0.15, 0.2) is 71.9 Å². The second-order valence-electron chi connectivity index (χ2n) is 7.02. The molecule has 32 heavy (non-hydrogen) atoms. The Hall–Kier alpha value is -3.58. The van der Waals surface area contributed by atoms with Crippen LogP contribution in [0.25, 0.3) is 6.08 Å². The van der Waals surface area contributed by atoms with Gasteiger partial charge in [-0.2, -0.15) is 0 Å². The molecule has 0 aromatic heterocycles. The number of nitrogens with one attached hydrogen (secondary N) is 2. The van der Waals surface area contributed by atoms with E-state index in [4.69, 9.17) is 16.3 Å². The summed E-state index contributed by atoms with van der Waals surface area (Å²) in [5, 5.41) is 5.83. The van der Waals surface area contributed by atoms with Crippen LogP contribution in [0.3, 0.4) is 0 Å². The van der Waals surface area contributed by atoms with Gasteiger partial charge in [-0.05, 0) is 37.1 Å². The fraction of sp³-hybridized carbons (Fsp3) is 0.208. The molecule has 0 spiro atoms. The molecular weight excluding hydrogens is 430 g/mol. The summed E-state index contributed by atoms with van der Waals surface area (Å²) in [5.41, 5.74) is 2.11. The lowest BCUT2D eigenvalue weighted by atomic mass is 9.93. The lowest BCUT2D eigenvalue weighted by Gasteiger charge is -2.35. The smallest absolute Gasteiger partial charge is 0.418 e. The van der Waals surface area contributed by atoms with Gasteiger partial charge in [0.2, 0.25) is 0 Å². The Bertz CT molecular complexity index is 1070. The van der Waals surface area contributed by atoms with Crippen LogP contribution in [0, 0.1) is 0 Å². The van der Waals surface area contributed by atoms with Gasteiger partial charge in [-0.25, -0.2) is 14.5 Å². The molecule has 0 saturated heterocycles. The summed E-state index contributed by atoms with van der Waals surface area (Å²) in [6.45, 7) is 3.61. The molecule has 1 aliphatic heterocycles. The third kappa shape index (κ3) is 5.36. The molecule has 0 radical (unpaired) electrons. The van der Waals surface area contributed by atoms with Gasteiger partial charge >= 0.3 is 12.1 Å². The van der Waals surface area contributed by atoms with Crippen molar-refractivity contribution >= 4 is 35.7 Å². The maximum absolute atomic E-state index is 13.2. The third-order valence-corrected chi connectivity index (χ3v) is 5.05. The van der Waals surface area contributed by atoms with E-state index in [1.54, 1.807) is 38.1 Å². The van der Waals surface area contributed by atoms with Gasteiger partial charge in [0.05, 0.1) is 12.2 Å². The molecule has 1 aliphatic rings. The number of carbonyl (C=O) groups is 3. The van der Waals surface area contributed by atoms with Crippen LogP contribution >= 0.6 is 11.6 Å². The second kappa shape index (κ2) is 10.6. The fourth-order valence-electron chi connectivity index (χ4n) is 3.41. The highest BCUT2D eigenvalue weighted by Gasteiger charge is 2.42. The molecule has 3 rings (SSSR count). The largest absolute Gasteiger partial charge is 0.449 e. The molecule has 0 aliphatic carbocycles. The molecule has 1 unspecified atom stereocenters. The van der Waals surface area contributed by atoms with Crippen molar-refractivity contribution in [2.45, 2.75) is 19.9 Å². The Morgan fingerprint density at radius 1 is 1.19 bits per heavy atom. The van der Waals surface area contributed by atoms with E-state index in [1.807, 2.05) is 42.5 Å². The molecular formula is C24H24ClN3O4. The lowest BCUT2D eigenvalue weighted by molar-refractivity contribution is -0.118. The van der Waals surface area contributed by atoms with E-state index < -0.39 is 24.1 Å². The molecule has 2 aromatic rings. The highest BCUT2D eigenvalue weighted by molar-refractivity contribution is 6.30. The molecule has 0 saturated carbocycles. The molecule has 0 fully saturated rings. The average Bonchev–Trinajstić information content (AvgIpc) is 2.77. The molecule has 1 atom stereocenters. The molecule has 166 valence electrons. The van der Waals surface area contributed by atoms with Crippen molar-refractivity contribution in [3.05, 3.63) is 88.1 Å². The summed E-state index contributed by atoms with van der Waals surface area (Å²) in [5.74, 6) is -0.417. The topological polar surface area (TPSA) is 87.7 Å². The number of imide groups is 1. The Balaban J connectivity index is 1.90. The number of hydrogen-bond acceptors (Lipinski definition) is 4. The van der Waals surface area contributed by atoms with Gasteiger partial charge in [0.1, 0.15) is 6.04 Å². The first kappa shape index (κ1) is 23.1. The van der Waals surface area contributed by atoms with E-state index in [1.165, 1.54) is 0 Å². The van der Waals surface area contributed by atoms with Gasteiger partial charge in [0.25, 0.3) is 5.91 Å². The van der Waals surface area contributed by atoms with Crippen molar-refractivity contribution in [3.8, 4) is 0 Å². The predicted octanol–water partition coefficient (Wildman–Crippen LogP) is 4.67. The quantitative estimate of drug-likeness (QED) is 0.665. The summed E-state index contributed by atoms with van der Waals surface area (Å²) in [6, 6.07) is 14.7. The van der Waals surface area contributed by atoms with Crippen LogP contribution in [-0.2, 0) is 9.53 Å². The van der Waals surface area contributed by atoms with Gasteiger partial charge in [-0.15, -0.1) is 0 Å². The molecule has 4 amide bonds. The Kier molecular flexibility index (Phi) is 7.68. The van der Waals surface area contributed by atoms with Crippen molar-refractivity contribution in [1.82, 2.24) is 15.5 Å². The molecule has 1 heterocycles. The standard InChI is InChI=1S/C24H24ClN3O4/c1-3-32-24(31)28-21(18-12-7-13-19(25)15-18)20(16(2)27-23(28)30)22(29)26-14-8-11-17-9-5-4-6-10-17/h4-13,15,21H,3,14H2,1-2H3,(H,26,29)(H,27,30)/b11-8+. The summed E-state index contributed by atoms with van der Waals surface area (Å²) < 4.78 is 5.07.